The van der Waals surface area contributed by atoms with Crippen LogP contribution in [0.25, 0.3) is 0 Å². The summed E-state index contributed by atoms with van der Waals surface area (Å²) in [7, 11) is 0. The van der Waals surface area contributed by atoms with Crippen molar-refractivity contribution in [1.82, 2.24) is 10.6 Å². The maximum atomic E-state index is 12.1. The third-order valence-corrected chi connectivity index (χ3v) is 15.7. The Morgan fingerprint density at radius 3 is 1.54 bits per heavy atom. The van der Waals surface area contributed by atoms with Gasteiger partial charge < -0.3 is 57.4 Å². The van der Waals surface area contributed by atoms with Gasteiger partial charge in [0.25, 0.3) is 0 Å². The summed E-state index contributed by atoms with van der Waals surface area (Å²) in [4.78, 5) is 59.0. The Morgan fingerprint density at radius 2 is 1.04 bits per heavy atom. The lowest BCUT2D eigenvalue weighted by molar-refractivity contribution is -0.277. The molecule has 3 aromatic carbocycles. The highest BCUT2D eigenvalue weighted by Crippen LogP contribution is 2.35. The van der Waals surface area contributed by atoms with Crippen molar-refractivity contribution < 1.29 is 76.1 Å². The molecule has 4 aliphatic rings. The maximum Gasteiger partial charge on any atom is 0.311 e. The second-order valence-corrected chi connectivity index (χ2v) is 22.0. The topological polar surface area (TPSA) is 211 Å². The summed E-state index contributed by atoms with van der Waals surface area (Å²) in [5, 5.41) is 6.37. The molecule has 450 valence electrons. The van der Waals surface area contributed by atoms with Crippen LogP contribution >= 0.6 is 15.9 Å². The highest BCUT2D eigenvalue weighted by molar-refractivity contribution is 9.09. The quantitative estimate of drug-likeness (QED) is 0.0332. The van der Waals surface area contributed by atoms with E-state index in [9.17, 15) is 24.0 Å². The monoisotopic (exact) mass is 1200 g/mol. The second-order valence-electron chi connectivity index (χ2n) is 21.1. The largest absolute Gasteiger partial charge is 0.463 e. The Labute approximate surface area is 488 Å². The lowest BCUT2D eigenvalue weighted by atomic mass is 9.96. The van der Waals surface area contributed by atoms with Crippen LogP contribution in [0.4, 0.5) is 0 Å². The fourth-order valence-electron chi connectivity index (χ4n) is 10.3. The smallest absolute Gasteiger partial charge is 0.311 e. The van der Waals surface area contributed by atoms with Crippen LogP contribution in [0.2, 0.25) is 0 Å². The first-order valence-electron chi connectivity index (χ1n) is 28.8. The summed E-state index contributed by atoms with van der Waals surface area (Å²) in [6, 6.07) is 29.4. The van der Waals surface area contributed by atoms with Gasteiger partial charge in [-0.1, -0.05) is 154 Å². The van der Waals surface area contributed by atoms with Crippen LogP contribution in [0.5, 0.6) is 0 Å². The minimum Gasteiger partial charge on any atom is -0.463 e. The molecular weight excluding hydrogens is 1110 g/mol. The van der Waals surface area contributed by atoms with Crippen LogP contribution in [0, 0.1) is 17.8 Å². The van der Waals surface area contributed by atoms with Crippen molar-refractivity contribution in [2.45, 2.75) is 213 Å². The average Bonchev–Trinajstić information content (AvgIpc) is 4.06. The summed E-state index contributed by atoms with van der Waals surface area (Å²) in [5.41, 5.74) is 3.48. The van der Waals surface area contributed by atoms with E-state index in [0.717, 1.165) is 56.2 Å². The lowest BCUT2D eigenvalue weighted by Gasteiger charge is -2.44. The van der Waals surface area contributed by atoms with E-state index in [1.807, 2.05) is 80.6 Å². The number of unbranched alkanes of at least 4 members (excludes halogenated alkanes) is 3. The van der Waals surface area contributed by atoms with Gasteiger partial charge in [-0.3, -0.25) is 29.3 Å². The van der Waals surface area contributed by atoms with Crippen molar-refractivity contribution in [1.29, 1.82) is 0 Å². The number of alkyl halides is 1. The van der Waals surface area contributed by atoms with Crippen LogP contribution in [0.15, 0.2) is 91.0 Å². The van der Waals surface area contributed by atoms with E-state index in [-0.39, 0.29) is 72.3 Å². The normalized spacial score (nSPS) is 29.5. The number of rotatable bonds is 26. The van der Waals surface area contributed by atoms with Crippen molar-refractivity contribution in [3.8, 4) is 0 Å². The van der Waals surface area contributed by atoms with Gasteiger partial charge in [0, 0.05) is 46.1 Å². The van der Waals surface area contributed by atoms with Crippen LogP contribution in [-0.4, -0.2) is 128 Å². The third kappa shape index (κ3) is 21.7. The first-order valence-corrected chi connectivity index (χ1v) is 29.7. The molecule has 7 rings (SSSR count). The fraction of sp³-hybridized carbons (Fsp3) is 0.629. The molecule has 4 aliphatic heterocycles. The molecule has 0 bridgehead atoms. The second kappa shape index (κ2) is 35.3. The molecule has 16 atom stereocenters. The lowest BCUT2D eigenvalue weighted by Crippen LogP contribution is -2.66. The van der Waals surface area contributed by atoms with Gasteiger partial charge in [-0.2, -0.15) is 0 Å². The number of amides is 1. The van der Waals surface area contributed by atoms with E-state index in [4.69, 9.17) is 52.1 Å². The minimum atomic E-state index is -1.15. The Balaban J connectivity index is 0.000000284. The standard InChI is InChI=1S/C34H52N2O11.C14H19BrO2.C14H18O3/c1-7-27-30(43-19-26-15-11-10-12-16-26)21(2)33(46-27)35-17-13-8-9-14-18-41-34-29(36-22(3)37)32(45-25(6)40)31(44-24(5)39)28(47-34)20-42-23(4)38;2*1-3-12-13(10(2)14(15)17-12)16-9-11-7-5-4-6-8-11/h10-12,15-16,21,27-35H,7-9,13-14,17-20H2,1-6H3,(H,36,37);4-8,10,12-14H,3,9H2,1-2H3;4-8,10,12-13H,3,9H2,1-2H3/t21?,27-,28-,29-,30-,31+,32-,33?,34-;10?,12-,13-,14+;10?,12-,13-/m111/s1. The Hall–Kier alpha value is -4.83. The molecule has 0 radical (unpaired) electrons. The molecular formula is C62H89BrN2O16. The summed E-state index contributed by atoms with van der Waals surface area (Å²) in [5.74, 6) is -2.00. The van der Waals surface area contributed by atoms with Crippen LogP contribution < -0.4 is 10.6 Å². The molecule has 4 saturated heterocycles. The molecule has 4 unspecified atom stereocenters. The molecule has 1 amide bonds. The Kier molecular flexibility index (Phi) is 29.2. The number of hydrogen-bond acceptors (Lipinski definition) is 17. The predicted octanol–water partition coefficient (Wildman–Crippen LogP) is 9.45. The molecule has 19 heteroatoms. The van der Waals surface area contributed by atoms with Crippen molar-refractivity contribution in [3.63, 3.8) is 0 Å². The van der Waals surface area contributed by atoms with Gasteiger partial charge in [-0.05, 0) is 62.3 Å². The number of hydrogen-bond donors (Lipinski definition) is 2. The molecule has 0 aliphatic carbocycles. The number of ether oxygens (including phenoxy) is 11. The zero-order valence-corrected chi connectivity index (χ0v) is 50.6. The van der Waals surface area contributed by atoms with Crippen LogP contribution in [0.3, 0.4) is 0 Å². The Bertz CT molecular complexity index is 2320. The predicted molar refractivity (Wildman–Crippen MR) is 306 cm³/mol. The summed E-state index contributed by atoms with van der Waals surface area (Å²) >= 11 is 3.55. The summed E-state index contributed by atoms with van der Waals surface area (Å²) in [6.45, 7) is 20.0. The number of esters is 4. The third-order valence-electron chi connectivity index (χ3n) is 14.6. The number of cyclic esters (lactones) is 1. The number of halogens is 1. The minimum absolute atomic E-state index is 0.0246. The van der Waals surface area contributed by atoms with E-state index in [2.05, 4.69) is 78.5 Å². The van der Waals surface area contributed by atoms with E-state index in [1.54, 1.807) is 0 Å². The average molecular weight is 1200 g/mol. The van der Waals surface area contributed by atoms with Gasteiger partial charge in [0.15, 0.2) is 18.5 Å². The number of carbonyl (C=O) groups excluding carboxylic acids is 5. The van der Waals surface area contributed by atoms with Gasteiger partial charge in [-0.25, -0.2) is 0 Å². The molecule has 81 heavy (non-hydrogen) atoms. The zero-order valence-electron chi connectivity index (χ0n) is 49.0. The highest BCUT2D eigenvalue weighted by Gasteiger charge is 2.51. The van der Waals surface area contributed by atoms with Gasteiger partial charge in [-0.15, -0.1) is 0 Å². The highest BCUT2D eigenvalue weighted by atomic mass is 79.9. The van der Waals surface area contributed by atoms with Crippen molar-refractivity contribution in [3.05, 3.63) is 108 Å². The maximum absolute atomic E-state index is 12.1. The Morgan fingerprint density at radius 1 is 0.543 bits per heavy atom. The van der Waals surface area contributed by atoms with E-state index >= 15 is 0 Å². The van der Waals surface area contributed by atoms with Crippen LogP contribution in [-0.2, 0) is 95.9 Å². The molecule has 0 saturated carbocycles. The van der Waals surface area contributed by atoms with Crippen LogP contribution in [0.1, 0.15) is 131 Å². The van der Waals surface area contributed by atoms with E-state index in [0.29, 0.717) is 38.8 Å². The van der Waals surface area contributed by atoms with Crippen molar-refractivity contribution >= 4 is 45.7 Å². The molecule has 4 fully saturated rings. The zero-order chi connectivity index (χ0) is 58.8. The summed E-state index contributed by atoms with van der Waals surface area (Å²) in [6.07, 6.45) is 1.99. The number of benzene rings is 3. The van der Waals surface area contributed by atoms with Crippen molar-refractivity contribution in [2.24, 2.45) is 17.8 Å². The number of nitrogens with one attached hydrogen (secondary N) is 2. The molecule has 0 spiro atoms. The molecule has 18 nitrogen and oxygen atoms in total. The van der Waals surface area contributed by atoms with E-state index < -0.39 is 54.5 Å². The SMILES string of the molecule is CC[C@H]1OC(=O)C(C)[C@H]1OCc1ccccc1.CC[C@H]1OC(NCCCCCCO[C@@H]2O[C@H](COC(C)=O)[C@H](OC(C)=O)[C@H](OC(C)=O)[C@H]2NC(C)=O)C(C)[C@H]1OCc1ccccc1.CC[C@H]1O[C@H](Br)C(C)[C@H]1OCc1ccccc1. The number of carbonyl (C=O) groups is 5. The van der Waals surface area contributed by atoms with Gasteiger partial charge in [0.1, 0.15) is 42.2 Å². The van der Waals surface area contributed by atoms with Crippen molar-refractivity contribution in [2.75, 3.05) is 19.8 Å². The molecule has 2 N–H and O–H groups in total. The first kappa shape index (κ1) is 67.0. The van der Waals surface area contributed by atoms with Gasteiger partial charge in [0.2, 0.25) is 5.91 Å². The fourth-order valence-corrected chi connectivity index (χ4v) is 10.8. The van der Waals surface area contributed by atoms with E-state index in [1.165, 1.54) is 33.3 Å². The molecule has 0 aromatic heterocycles. The van der Waals surface area contributed by atoms with Gasteiger partial charge in [0.05, 0.1) is 50.2 Å². The first-order chi connectivity index (χ1) is 38.9. The molecule has 3 aromatic rings. The van der Waals surface area contributed by atoms with Gasteiger partial charge >= 0.3 is 23.9 Å². The molecule has 4 heterocycles. The summed E-state index contributed by atoms with van der Waals surface area (Å²) < 4.78 is 63.6.